The van der Waals surface area contributed by atoms with Crippen molar-refractivity contribution in [2.75, 3.05) is 6.61 Å². The van der Waals surface area contributed by atoms with Gasteiger partial charge in [-0.15, -0.1) is 0 Å². The van der Waals surface area contributed by atoms with E-state index in [-0.39, 0.29) is 26.2 Å². The van der Waals surface area contributed by atoms with Gasteiger partial charge in [-0.1, -0.05) is 0 Å². The molecular weight excluding hydrogens is 583 g/mol. The molecule has 0 unspecified atom stereocenters. The van der Waals surface area contributed by atoms with E-state index in [1.165, 1.54) is 51.8 Å². The third-order valence-corrected chi connectivity index (χ3v) is 34.9. The Morgan fingerprint density at radius 1 is 0.722 bits per heavy atom. The van der Waals surface area contributed by atoms with Crippen LogP contribution in [-0.2, 0) is 8.85 Å². The molecule has 0 aliphatic rings. The molecule has 3 atom stereocenters. The van der Waals surface area contributed by atoms with Crippen molar-refractivity contribution >= 4 is 35.0 Å². The van der Waals surface area contributed by atoms with Crippen LogP contribution in [0.3, 0.4) is 0 Å². The standard InChI is InChI=1S/C18H41O3Si2.3C4H9.Sn/c1-15(14-20-22(8,9)17(2,3)4)16(12-13-19)21-23(10,11)18(5,6)7;3*1-3-4-2;/h13,15-16,19H,12,14H2,1-11H3;3*1,3-4H2,2H3;/t15-,16+;;;;/m1..../s1. The summed E-state index contributed by atoms with van der Waals surface area (Å²) in [5, 5.41) is 12.5. The van der Waals surface area contributed by atoms with Gasteiger partial charge in [0.05, 0.1) is 0 Å². The number of unbranched alkanes of at least 4 members (excludes halogenated alkanes) is 3. The van der Waals surface area contributed by atoms with Gasteiger partial charge in [0.1, 0.15) is 0 Å². The van der Waals surface area contributed by atoms with Gasteiger partial charge in [0.15, 0.2) is 0 Å². The molecule has 3 nitrogen and oxygen atoms in total. The maximum absolute atomic E-state index is 12.1. The molecule has 0 aliphatic carbocycles. The predicted molar refractivity (Wildman–Crippen MR) is 170 cm³/mol. The van der Waals surface area contributed by atoms with E-state index in [4.69, 9.17) is 8.85 Å². The molecule has 1 N–H and O–H groups in total. The molecule has 0 bridgehead atoms. The van der Waals surface area contributed by atoms with Crippen LogP contribution in [0.15, 0.2) is 0 Å². The number of hydrogen-bond donors (Lipinski definition) is 1. The summed E-state index contributed by atoms with van der Waals surface area (Å²) in [6, 6.07) is 0. The fourth-order valence-electron chi connectivity index (χ4n) is 4.55. The van der Waals surface area contributed by atoms with Crippen molar-refractivity contribution in [3.8, 4) is 0 Å². The molecule has 0 rings (SSSR count). The van der Waals surface area contributed by atoms with E-state index >= 15 is 0 Å². The second-order valence-corrected chi connectivity index (χ2v) is 38.4. The average Bonchev–Trinajstić information content (AvgIpc) is 2.75. The van der Waals surface area contributed by atoms with Crippen molar-refractivity contribution < 1.29 is 14.0 Å². The average molecular weight is 652 g/mol. The van der Waals surface area contributed by atoms with E-state index in [0.717, 1.165) is 13.0 Å². The summed E-state index contributed by atoms with van der Waals surface area (Å²) in [6.07, 6.45) is 8.49. The van der Waals surface area contributed by atoms with Crippen LogP contribution in [0, 0.1) is 5.92 Å². The van der Waals surface area contributed by atoms with Crippen LogP contribution >= 0.6 is 0 Å². The van der Waals surface area contributed by atoms with E-state index in [9.17, 15) is 5.11 Å². The number of aliphatic hydroxyl groups is 1. The third-order valence-electron chi connectivity index (χ3n) is 9.65. The second-order valence-electron chi connectivity index (χ2n) is 14.9. The molecule has 0 fully saturated rings. The van der Waals surface area contributed by atoms with Crippen molar-refractivity contribution in [2.45, 2.75) is 174 Å². The Bertz CT molecular complexity index is 574. The Kier molecular flexibility index (Phi) is 16.3. The zero-order valence-corrected chi connectivity index (χ0v) is 32.1. The molecule has 0 saturated carbocycles. The Balaban J connectivity index is 6.08. The minimum absolute atomic E-state index is 0.0756. The summed E-state index contributed by atoms with van der Waals surface area (Å²) in [7, 11) is -3.81. The maximum atomic E-state index is 12.1. The Morgan fingerprint density at radius 2 is 1.11 bits per heavy atom. The first-order chi connectivity index (χ1) is 16.3. The molecule has 0 radical (unpaired) electrons. The van der Waals surface area contributed by atoms with Crippen molar-refractivity contribution in [1.82, 2.24) is 0 Å². The second kappa shape index (κ2) is 15.8. The van der Waals surface area contributed by atoms with E-state index in [1.807, 2.05) is 0 Å². The Labute approximate surface area is 234 Å². The van der Waals surface area contributed by atoms with Crippen molar-refractivity contribution in [3.05, 3.63) is 0 Å². The number of rotatable bonds is 18. The quantitative estimate of drug-likeness (QED) is 0.150. The van der Waals surface area contributed by atoms with Crippen LogP contribution < -0.4 is 0 Å². The van der Waals surface area contributed by atoms with Gasteiger partial charge in [-0.2, -0.15) is 0 Å². The van der Waals surface area contributed by atoms with E-state index < -0.39 is 35.0 Å². The fourth-order valence-corrected chi connectivity index (χ4v) is 23.2. The van der Waals surface area contributed by atoms with Crippen molar-refractivity contribution in [2.24, 2.45) is 5.92 Å². The van der Waals surface area contributed by atoms with Crippen LogP contribution in [-0.4, -0.2) is 56.9 Å². The molecule has 0 heterocycles. The predicted octanol–water partition coefficient (Wildman–Crippen LogP) is 10.2. The zero-order valence-electron chi connectivity index (χ0n) is 27.3. The number of hydrogen-bond acceptors (Lipinski definition) is 3. The summed E-state index contributed by atoms with van der Waals surface area (Å²) in [5.74, 6) is 0.287. The molecule has 218 valence electrons. The SMILES string of the molecule is CCC[CH2][Sn]([CH2]CCC)([CH2]CCC)[C@H](O)C[C@H](O[Si](C)(C)C(C)(C)C)[C@H](C)CO[Si](C)(C)C(C)(C)C. The van der Waals surface area contributed by atoms with E-state index in [1.54, 1.807) is 0 Å². The molecule has 0 aromatic heterocycles. The van der Waals surface area contributed by atoms with Crippen LogP contribution in [0.4, 0.5) is 0 Å². The molecule has 6 heteroatoms. The van der Waals surface area contributed by atoms with Gasteiger partial charge in [0, 0.05) is 0 Å². The van der Waals surface area contributed by atoms with Gasteiger partial charge in [-0.05, 0) is 0 Å². The van der Waals surface area contributed by atoms with Gasteiger partial charge in [-0.25, -0.2) is 0 Å². The van der Waals surface area contributed by atoms with Gasteiger partial charge < -0.3 is 0 Å². The van der Waals surface area contributed by atoms with Crippen molar-refractivity contribution in [3.63, 3.8) is 0 Å². The number of aliphatic hydroxyl groups excluding tert-OH is 1. The Hall–Kier alpha value is 1.11. The molecule has 0 aromatic rings. The fraction of sp³-hybridized carbons (Fsp3) is 1.00. The molecule has 0 amide bonds. The summed E-state index contributed by atoms with van der Waals surface area (Å²) >= 11 is -2.76. The minimum atomic E-state index is -2.76. The zero-order chi connectivity index (χ0) is 28.4. The third kappa shape index (κ3) is 11.7. The Morgan fingerprint density at radius 3 is 1.44 bits per heavy atom. The summed E-state index contributed by atoms with van der Waals surface area (Å²) in [6.45, 7) is 33.4. The van der Waals surface area contributed by atoms with E-state index in [2.05, 4.69) is 95.4 Å². The topological polar surface area (TPSA) is 38.7 Å². The monoisotopic (exact) mass is 652 g/mol. The molecule has 36 heavy (non-hydrogen) atoms. The van der Waals surface area contributed by atoms with Gasteiger partial charge in [-0.3, -0.25) is 0 Å². The van der Waals surface area contributed by atoms with Crippen molar-refractivity contribution in [1.29, 1.82) is 0 Å². The molecule has 0 spiro atoms. The summed E-state index contributed by atoms with van der Waals surface area (Å²) in [5.41, 5.74) is 0. The van der Waals surface area contributed by atoms with Crippen LogP contribution in [0.2, 0.25) is 49.6 Å². The van der Waals surface area contributed by atoms with Gasteiger partial charge in [0.2, 0.25) is 0 Å². The summed E-state index contributed by atoms with van der Waals surface area (Å²) in [4.78, 5) is 0. The molecule has 0 saturated heterocycles. The van der Waals surface area contributed by atoms with Crippen LogP contribution in [0.1, 0.15) is 114 Å². The van der Waals surface area contributed by atoms with Crippen LogP contribution in [0.25, 0.3) is 0 Å². The normalized spacial score (nSPS) is 16.8. The van der Waals surface area contributed by atoms with Crippen LogP contribution in [0.5, 0.6) is 0 Å². The van der Waals surface area contributed by atoms with Gasteiger partial charge >= 0.3 is 235 Å². The van der Waals surface area contributed by atoms with Gasteiger partial charge in [0.25, 0.3) is 0 Å². The molecule has 0 aromatic carbocycles. The first kappa shape index (κ1) is 37.1. The van der Waals surface area contributed by atoms with E-state index in [0.29, 0.717) is 0 Å². The summed E-state index contributed by atoms with van der Waals surface area (Å²) < 4.78 is 17.8. The molecular formula is C30H68O3Si2Sn. The first-order valence-corrected chi connectivity index (χ1v) is 28.8. The first-order valence-electron chi connectivity index (χ1n) is 15.3. The molecule has 0 aliphatic heterocycles.